The van der Waals surface area contributed by atoms with Crippen LogP contribution in [0.25, 0.3) is 0 Å². The van der Waals surface area contributed by atoms with Gasteiger partial charge in [-0.2, -0.15) is 4.31 Å². The van der Waals surface area contributed by atoms with E-state index in [4.69, 9.17) is 0 Å². The minimum atomic E-state index is -3.67. The molecule has 2 aromatic carbocycles. The molecule has 0 unspecified atom stereocenters. The number of rotatable bonds is 5. The lowest BCUT2D eigenvalue weighted by molar-refractivity contribution is 0.0984. The van der Waals surface area contributed by atoms with Crippen molar-refractivity contribution >= 4 is 21.6 Å². The quantitative estimate of drug-likeness (QED) is 0.786. The van der Waals surface area contributed by atoms with Gasteiger partial charge in [0.1, 0.15) is 5.82 Å². The second-order valence-electron chi connectivity index (χ2n) is 6.43. The molecule has 0 N–H and O–H groups in total. The van der Waals surface area contributed by atoms with Crippen LogP contribution >= 0.6 is 0 Å². The Hall–Kier alpha value is -2.25. The number of halogens is 1. The maximum Gasteiger partial charge on any atom is 0.258 e. The summed E-state index contributed by atoms with van der Waals surface area (Å²) in [5, 5.41) is 0. The van der Waals surface area contributed by atoms with E-state index in [1.54, 1.807) is 32.0 Å². The summed E-state index contributed by atoms with van der Waals surface area (Å²) in [4.78, 5) is 14.5. The van der Waals surface area contributed by atoms with Crippen LogP contribution in [0, 0.1) is 5.82 Å². The Kier molecular flexibility index (Phi) is 5.62. The third kappa shape index (κ3) is 3.61. The molecule has 0 radical (unpaired) electrons. The number of hydrogen-bond acceptors (Lipinski definition) is 3. The van der Waals surface area contributed by atoms with Gasteiger partial charge in [-0.25, -0.2) is 12.8 Å². The standard InChI is InChI=1S/C20H23FN2O3S/c1-3-22(4-2)27(25,26)17-11-5-9-16(14-17)20(24)23-13-7-10-15-8-6-12-18(21)19(15)23/h5-6,8-9,11-12,14H,3-4,7,10,13H2,1-2H3. The van der Waals surface area contributed by atoms with Crippen molar-refractivity contribution in [3.05, 3.63) is 59.4 Å². The molecule has 144 valence electrons. The maximum absolute atomic E-state index is 14.4. The highest BCUT2D eigenvalue weighted by atomic mass is 32.2. The lowest BCUT2D eigenvalue weighted by Crippen LogP contribution is -2.36. The maximum atomic E-state index is 14.4. The van der Waals surface area contributed by atoms with Gasteiger partial charge in [0.25, 0.3) is 5.91 Å². The first kappa shape index (κ1) is 19.5. The number of para-hydroxylation sites is 1. The first-order valence-electron chi connectivity index (χ1n) is 9.09. The molecule has 1 amide bonds. The van der Waals surface area contributed by atoms with Gasteiger partial charge in [-0.05, 0) is 42.7 Å². The minimum Gasteiger partial charge on any atom is -0.305 e. The zero-order valence-electron chi connectivity index (χ0n) is 15.5. The molecule has 0 fully saturated rings. The van der Waals surface area contributed by atoms with E-state index in [1.165, 1.54) is 27.4 Å². The molecule has 0 saturated heterocycles. The van der Waals surface area contributed by atoms with E-state index in [9.17, 15) is 17.6 Å². The van der Waals surface area contributed by atoms with Gasteiger partial charge in [0.2, 0.25) is 10.0 Å². The molecule has 0 spiro atoms. The fraction of sp³-hybridized carbons (Fsp3) is 0.350. The van der Waals surface area contributed by atoms with Crippen molar-refractivity contribution in [2.75, 3.05) is 24.5 Å². The van der Waals surface area contributed by atoms with Crippen LogP contribution in [-0.4, -0.2) is 38.3 Å². The van der Waals surface area contributed by atoms with E-state index < -0.39 is 21.7 Å². The number of carbonyl (C=O) groups is 1. The van der Waals surface area contributed by atoms with Crippen molar-refractivity contribution in [1.29, 1.82) is 0 Å². The largest absolute Gasteiger partial charge is 0.305 e. The first-order valence-corrected chi connectivity index (χ1v) is 10.5. The van der Waals surface area contributed by atoms with Crippen molar-refractivity contribution < 1.29 is 17.6 Å². The summed E-state index contributed by atoms with van der Waals surface area (Å²) >= 11 is 0. The zero-order valence-corrected chi connectivity index (χ0v) is 16.3. The molecule has 1 heterocycles. The molecule has 27 heavy (non-hydrogen) atoms. The summed E-state index contributed by atoms with van der Waals surface area (Å²) < 4.78 is 41.2. The van der Waals surface area contributed by atoms with Gasteiger partial charge in [-0.15, -0.1) is 0 Å². The average Bonchev–Trinajstić information content (AvgIpc) is 2.68. The fourth-order valence-corrected chi connectivity index (χ4v) is 4.97. The van der Waals surface area contributed by atoms with Gasteiger partial charge < -0.3 is 4.90 Å². The summed E-state index contributed by atoms with van der Waals surface area (Å²) in [6.45, 7) is 4.64. The van der Waals surface area contributed by atoms with Crippen LogP contribution in [0.1, 0.15) is 36.2 Å². The second-order valence-corrected chi connectivity index (χ2v) is 8.36. The Morgan fingerprint density at radius 2 is 1.85 bits per heavy atom. The second kappa shape index (κ2) is 7.78. The van der Waals surface area contributed by atoms with E-state index in [0.717, 1.165) is 12.0 Å². The van der Waals surface area contributed by atoms with E-state index in [-0.39, 0.29) is 10.5 Å². The zero-order chi connectivity index (χ0) is 19.6. The smallest absolute Gasteiger partial charge is 0.258 e. The van der Waals surface area contributed by atoms with Crippen LogP contribution in [0.2, 0.25) is 0 Å². The Morgan fingerprint density at radius 1 is 1.15 bits per heavy atom. The molecule has 1 aliphatic heterocycles. The van der Waals surface area contributed by atoms with Crippen LogP contribution in [0.4, 0.5) is 10.1 Å². The molecule has 7 heteroatoms. The van der Waals surface area contributed by atoms with E-state index >= 15 is 0 Å². The number of fused-ring (bicyclic) bond motifs is 1. The molecule has 3 rings (SSSR count). The number of hydrogen-bond donors (Lipinski definition) is 0. The van der Waals surface area contributed by atoms with Crippen molar-refractivity contribution in [2.45, 2.75) is 31.6 Å². The van der Waals surface area contributed by atoms with Gasteiger partial charge in [0, 0.05) is 25.2 Å². The Balaban J connectivity index is 1.99. The molecule has 1 aliphatic rings. The monoisotopic (exact) mass is 390 g/mol. The third-order valence-corrected chi connectivity index (χ3v) is 6.88. The Morgan fingerprint density at radius 3 is 2.56 bits per heavy atom. The number of carbonyl (C=O) groups excluding carboxylic acids is 1. The van der Waals surface area contributed by atoms with Gasteiger partial charge in [0.15, 0.2) is 0 Å². The summed E-state index contributed by atoms with van der Waals surface area (Å²) in [7, 11) is -3.67. The van der Waals surface area contributed by atoms with Crippen LogP contribution in [0.15, 0.2) is 47.4 Å². The number of anilines is 1. The SMILES string of the molecule is CCN(CC)S(=O)(=O)c1cccc(C(=O)N2CCCc3cccc(F)c32)c1. The van der Waals surface area contributed by atoms with Gasteiger partial charge in [-0.3, -0.25) is 4.79 Å². The van der Waals surface area contributed by atoms with Crippen LogP contribution in [-0.2, 0) is 16.4 Å². The highest BCUT2D eigenvalue weighted by Gasteiger charge is 2.28. The highest BCUT2D eigenvalue weighted by molar-refractivity contribution is 7.89. The molecular formula is C20H23FN2O3S. The molecule has 0 saturated carbocycles. The van der Waals surface area contributed by atoms with Crippen molar-refractivity contribution in [3.8, 4) is 0 Å². The molecule has 0 atom stereocenters. The predicted molar refractivity (Wildman–Crippen MR) is 103 cm³/mol. The van der Waals surface area contributed by atoms with E-state index in [0.29, 0.717) is 31.7 Å². The molecule has 2 aromatic rings. The number of sulfonamides is 1. The number of nitrogens with zero attached hydrogens (tertiary/aromatic N) is 2. The number of benzene rings is 2. The van der Waals surface area contributed by atoms with Crippen LogP contribution < -0.4 is 4.90 Å². The van der Waals surface area contributed by atoms with Crippen molar-refractivity contribution in [2.24, 2.45) is 0 Å². The number of amides is 1. The predicted octanol–water partition coefficient (Wildman–Crippen LogP) is 3.45. The Labute approximate surface area is 159 Å². The first-order chi connectivity index (χ1) is 12.9. The van der Waals surface area contributed by atoms with Crippen LogP contribution in [0.5, 0.6) is 0 Å². The van der Waals surface area contributed by atoms with Crippen molar-refractivity contribution in [1.82, 2.24) is 4.31 Å². The van der Waals surface area contributed by atoms with E-state index in [1.807, 2.05) is 6.07 Å². The van der Waals surface area contributed by atoms with Crippen LogP contribution in [0.3, 0.4) is 0 Å². The molecule has 5 nitrogen and oxygen atoms in total. The van der Waals surface area contributed by atoms with Gasteiger partial charge in [0.05, 0.1) is 10.6 Å². The highest BCUT2D eigenvalue weighted by Crippen LogP contribution is 2.31. The van der Waals surface area contributed by atoms with Gasteiger partial charge >= 0.3 is 0 Å². The normalized spacial score (nSPS) is 14.3. The Bertz CT molecular complexity index is 955. The molecule has 0 aliphatic carbocycles. The average molecular weight is 390 g/mol. The molecular weight excluding hydrogens is 367 g/mol. The third-order valence-electron chi connectivity index (χ3n) is 4.84. The number of aryl methyl sites for hydroxylation is 1. The topological polar surface area (TPSA) is 57.7 Å². The summed E-state index contributed by atoms with van der Waals surface area (Å²) in [6.07, 6.45) is 1.45. The summed E-state index contributed by atoms with van der Waals surface area (Å²) in [6, 6.07) is 10.8. The van der Waals surface area contributed by atoms with E-state index in [2.05, 4.69) is 0 Å². The summed E-state index contributed by atoms with van der Waals surface area (Å²) in [5.74, 6) is -0.829. The molecule has 0 aromatic heterocycles. The lowest BCUT2D eigenvalue weighted by Gasteiger charge is -2.30. The van der Waals surface area contributed by atoms with Crippen molar-refractivity contribution in [3.63, 3.8) is 0 Å². The molecule has 0 bridgehead atoms. The lowest BCUT2D eigenvalue weighted by atomic mass is 10.0. The minimum absolute atomic E-state index is 0.0721. The van der Waals surface area contributed by atoms with Gasteiger partial charge in [-0.1, -0.05) is 32.0 Å². The summed E-state index contributed by atoms with van der Waals surface area (Å²) in [5.41, 5.74) is 1.33. The fourth-order valence-electron chi connectivity index (χ4n) is 3.46.